The lowest BCUT2D eigenvalue weighted by atomic mass is 10.1. The third-order valence-corrected chi connectivity index (χ3v) is 5.24. The van der Waals surface area contributed by atoms with E-state index in [4.69, 9.17) is 23.2 Å². The summed E-state index contributed by atoms with van der Waals surface area (Å²) in [5.74, 6) is -0.0218. The Balaban J connectivity index is 1.73. The second-order valence-electron chi connectivity index (χ2n) is 6.74. The molecule has 0 saturated carbocycles. The van der Waals surface area contributed by atoms with Crippen LogP contribution < -0.4 is 10.2 Å². The van der Waals surface area contributed by atoms with Crippen LogP contribution in [0.5, 0.6) is 0 Å². The average Bonchev–Trinajstić information content (AvgIpc) is 2.69. The van der Waals surface area contributed by atoms with Gasteiger partial charge in [0.05, 0.1) is 11.4 Å². The van der Waals surface area contributed by atoms with Gasteiger partial charge in [-0.15, -0.1) is 0 Å². The van der Waals surface area contributed by atoms with Crippen molar-refractivity contribution in [2.45, 2.75) is 19.8 Å². The predicted octanol–water partition coefficient (Wildman–Crippen LogP) is 4.69. The molecule has 0 unspecified atom stereocenters. The van der Waals surface area contributed by atoms with Gasteiger partial charge >= 0.3 is 0 Å². The van der Waals surface area contributed by atoms with Crippen molar-refractivity contribution >= 4 is 46.4 Å². The second kappa shape index (κ2) is 9.30. The van der Waals surface area contributed by atoms with Crippen LogP contribution in [0.25, 0.3) is 0 Å². The Bertz CT molecular complexity index is 847. The molecule has 1 aliphatic rings. The lowest BCUT2D eigenvalue weighted by molar-refractivity contribution is -0.131. The molecule has 7 heteroatoms. The van der Waals surface area contributed by atoms with Crippen LogP contribution in [0.1, 0.15) is 30.1 Å². The molecule has 1 fully saturated rings. The molecule has 2 aromatic carbocycles. The maximum atomic E-state index is 12.6. The summed E-state index contributed by atoms with van der Waals surface area (Å²) in [6.45, 7) is 4.78. The van der Waals surface area contributed by atoms with Crippen molar-refractivity contribution in [2.75, 3.05) is 36.4 Å². The van der Waals surface area contributed by atoms with Crippen LogP contribution in [0.4, 0.5) is 11.4 Å². The van der Waals surface area contributed by atoms with E-state index >= 15 is 0 Å². The quantitative estimate of drug-likeness (QED) is 0.764. The van der Waals surface area contributed by atoms with E-state index in [1.165, 1.54) is 0 Å². The first-order chi connectivity index (χ1) is 13.5. The van der Waals surface area contributed by atoms with Gasteiger partial charge in [0, 0.05) is 48.2 Å². The van der Waals surface area contributed by atoms with Gasteiger partial charge in [0.2, 0.25) is 5.91 Å². The summed E-state index contributed by atoms with van der Waals surface area (Å²) >= 11 is 12.1. The normalized spacial score (nSPS) is 14.1. The highest BCUT2D eigenvalue weighted by atomic mass is 35.5. The molecule has 0 aliphatic carbocycles. The number of benzene rings is 2. The minimum atomic E-state index is -0.225. The van der Waals surface area contributed by atoms with Crippen LogP contribution in [0.3, 0.4) is 0 Å². The zero-order valence-corrected chi connectivity index (χ0v) is 17.3. The Labute approximate surface area is 175 Å². The number of hydrogen-bond acceptors (Lipinski definition) is 3. The van der Waals surface area contributed by atoms with Gasteiger partial charge in [-0.2, -0.15) is 0 Å². The smallest absolute Gasteiger partial charge is 0.255 e. The molecule has 2 amide bonds. The zero-order chi connectivity index (χ0) is 20.1. The number of nitrogens with zero attached hydrogens (tertiary/aromatic N) is 2. The molecule has 1 saturated heterocycles. The Morgan fingerprint density at radius 1 is 0.964 bits per heavy atom. The van der Waals surface area contributed by atoms with Crippen LogP contribution in [0.2, 0.25) is 10.0 Å². The highest BCUT2D eigenvalue weighted by Gasteiger charge is 2.23. The number of anilines is 2. The maximum Gasteiger partial charge on any atom is 0.255 e. The number of carbonyl (C=O) groups excluding carboxylic acids is 2. The van der Waals surface area contributed by atoms with E-state index in [0.717, 1.165) is 12.1 Å². The number of amides is 2. The monoisotopic (exact) mass is 419 g/mol. The van der Waals surface area contributed by atoms with Crippen molar-refractivity contribution in [3.63, 3.8) is 0 Å². The molecule has 148 valence electrons. The molecule has 1 N–H and O–H groups in total. The van der Waals surface area contributed by atoms with Crippen LogP contribution in [0.15, 0.2) is 42.5 Å². The molecule has 0 aromatic heterocycles. The lowest BCUT2D eigenvalue weighted by Crippen LogP contribution is -2.48. The van der Waals surface area contributed by atoms with Gasteiger partial charge in [0.25, 0.3) is 5.91 Å². The van der Waals surface area contributed by atoms with E-state index in [1.54, 1.807) is 30.3 Å². The molecule has 1 heterocycles. The number of piperazine rings is 1. The lowest BCUT2D eigenvalue weighted by Gasteiger charge is -2.37. The first kappa shape index (κ1) is 20.5. The third kappa shape index (κ3) is 4.97. The predicted molar refractivity (Wildman–Crippen MR) is 115 cm³/mol. The van der Waals surface area contributed by atoms with Gasteiger partial charge < -0.3 is 15.1 Å². The van der Waals surface area contributed by atoms with E-state index in [9.17, 15) is 9.59 Å². The largest absolute Gasteiger partial charge is 0.366 e. The standard InChI is InChI=1S/C21H23Cl2N3O2/c1-2-3-20(27)26-12-10-25(11-13-26)19-9-8-17(23)14-18(19)24-21(28)15-4-6-16(22)7-5-15/h4-9,14H,2-3,10-13H2,1H3,(H,24,28). The summed E-state index contributed by atoms with van der Waals surface area (Å²) in [5, 5.41) is 4.08. The Morgan fingerprint density at radius 3 is 2.25 bits per heavy atom. The fraction of sp³-hybridized carbons (Fsp3) is 0.333. The topological polar surface area (TPSA) is 52.7 Å². The Morgan fingerprint density at radius 2 is 1.61 bits per heavy atom. The zero-order valence-electron chi connectivity index (χ0n) is 15.8. The first-order valence-corrected chi connectivity index (χ1v) is 10.1. The molecule has 5 nitrogen and oxygen atoms in total. The number of halogens is 2. The van der Waals surface area contributed by atoms with Crippen molar-refractivity contribution in [2.24, 2.45) is 0 Å². The molecule has 0 atom stereocenters. The fourth-order valence-electron chi connectivity index (χ4n) is 3.25. The molecule has 0 bridgehead atoms. The van der Waals surface area contributed by atoms with E-state index in [-0.39, 0.29) is 11.8 Å². The third-order valence-electron chi connectivity index (χ3n) is 4.75. The van der Waals surface area contributed by atoms with Crippen molar-refractivity contribution < 1.29 is 9.59 Å². The minimum absolute atomic E-state index is 0.203. The average molecular weight is 420 g/mol. The van der Waals surface area contributed by atoms with Gasteiger partial charge in [-0.05, 0) is 48.9 Å². The Hall–Kier alpha value is -2.24. The molecule has 2 aromatic rings. The van der Waals surface area contributed by atoms with Gasteiger partial charge in [-0.25, -0.2) is 0 Å². The van der Waals surface area contributed by atoms with Crippen molar-refractivity contribution in [3.05, 3.63) is 58.1 Å². The number of rotatable bonds is 5. The summed E-state index contributed by atoms with van der Waals surface area (Å²) in [5.41, 5.74) is 2.07. The van der Waals surface area contributed by atoms with E-state index in [0.29, 0.717) is 53.9 Å². The molecule has 28 heavy (non-hydrogen) atoms. The molecule has 3 rings (SSSR count). The molecule has 1 aliphatic heterocycles. The maximum absolute atomic E-state index is 12.6. The number of hydrogen-bond donors (Lipinski definition) is 1. The number of carbonyl (C=O) groups is 2. The number of nitrogens with one attached hydrogen (secondary N) is 1. The summed E-state index contributed by atoms with van der Waals surface area (Å²) in [7, 11) is 0. The Kier molecular flexibility index (Phi) is 6.81. The van der Waals surface area contributed by atoms with Gasteiger partial charge in [0.1, 0.15) is 0 Å². The van der Waals surface area contributed by atoms with Crippen molar-refractivity contribution in [1.29, 1.82) is 0 Å². The van der Waals surface area contributed by atoms with Gasteiger partial charge in [-0.1, -0.05) is 30.1 Å². The highest BCUT2D eigenvalue weighted by Crippen LogP contribution is 2.30. The van der Waals surface area contributed by atoms with Crippen LogP contribution in [-0.2, 0) is 4.79 Å². The summed E-state index contributed by atoms with van der Waals surface area (Å²) in [4.78, 5) is 28.8. The highest BCUT2D eigenvalue weighted by molar-refractivity contribution is 6.31. The van der Waals surface area contributed by atoms with E-state index in [1.807, 2.05) is 24.0 Å². The second-order valence-corrected chi connectivity index (χ2v) is 7.61. The van der Waals surface area contributed by atoms with Gasteiger partial charge in [0.15, 0.2) is 0 Å². The fourth-order valence-corrected chi connectivity index (χ4v) is 3.55. The summed E-state index contributed by atoms with van der Waals surface area (Å²) in [6.07, 6.45) is 1.44. The van der Waals surface area contributed by atoms with E-state index < -0.39 is 0 Å². The minimum Gasteiger partial charge on any atom is -0.366 e. The molecule has 0 radical (unpaired) electrons. The summed E-state index contributed by atoms with van der Waals surface area (Å²) in [6, 6.07) is 12.2. The summed E-state index contributed by atoms with van der Waals surface area (Å²) < 4.78 is 0. The van der Waals surface area contributed by atoms with Crippen molar-refractivity contribution in [3.8, 4) is 0 Å². The van der Waals surface area contributed by atoms with Crippen LogP contribution in [0, 0.1) is 0 Å². The van der Waals surface area contributed by atoms with Crippen LogP contribution in [-0.4, -0.2) is 42.9 Å². The van der Waals surface area contributed by atoms with Crippen molar-refractivity contribution in [1.82, 2.24) is 4.90 Å². The SMILES string of the molecule is CCCC(=O)N1CCN(c2ccc(Cl)cc2NC(=O)c2ccc(Cl)cc2)CC1. The van der Waals surface area contributed by atoms with Crippen LogP contribution >= 0.6 is 23.2 Å². The van der Waals surface area contributed by atoms with Gasteiger partial charge in [-0.3, -0.25) is 9.59 Å². The molecule has 0 spiro atoms. The molecular formula is C21H23Cl2N3O2. The van der Waals surface area contributed by atoms with E-state index in [2.05, 4.69) is 10.2 Å². The molecular weight excluding hydrogens is 397 g/mol. The first-order valence-electron chi connectivity index (χ1n) is 9.37.